The Hall–Kier alpha value is -2.12. The summed E-state index contributed by atoms with van der Waals surface area (Å²) in [6, 6.07) is 6.22. The molecule has 132 valence electrons. The van der Waals surface area contributed by atoms with Crippen molar-refractivity contribution in [1.82, 2.24) is 0 Å². The van der Waals surface area contributed by atoms with Gasteiger partial charge in [-0.1, -0.05) is 13.0 Å². The number of phenols is 1. The smallest absolute Gasteiger partial charge is 0.446 e. The Morgan fingerprint density at radius 3 is 2.68 bits per heavy atom. The Bertz CT molecular complexity index is 1010. The number of fused-ring (bicyclic) bond motifs is 5. The van der Waals surface area contributed by atoms with Crippen molar-refractivity contribution in [2.45, 2.75) is 38.5 Å². The third-order valence-electron chi connectivity index (χ3n) is 5.77. The van der Waals surface area contributed by atoms with E-state index in [1.54, 1.807) is 12.1 Å². The number of benzene rings is 2. The standard InChI is InChI=1S/C18H18O6S/c1-18-7-6-12-11-3-2-10(24-25(21,22)23)8-14(11)16(19)9-13(12)15(18)4-5-17(18)20/h2-3,8-9,15,19H,4-7H2,1H3,(H,21,22,23). The summed E-state index contributed by atoms with van der Waals surface area (Å²) in [5.74, 6) is 0.340. The van der Waals surface area contributed by atoms with Gasteiger partial charge in [-0.25, -0.2) is 0 Å². The molecule has 6 nitrogen and oxygen atoms in total. The number of ketones is 1. The molecule has 25 heavy (non-hydrogen) atoms. The molecule has 0 aliphatic heterocycles. The molecule has 1 fully saturated rings. The molecular weight excluding hydrogens is 344 g/mol. The third-order valence-corrected chi connectivity index (χ3v) is 6.17. The van der Waals surface area contributed by atoms with Gasteiger partial charge in [0.15, 0.2) is 0 Å². The lowest BCUT2D eigenvalue weighted by Gasteiger charge is -2.37. The van der Waals surface area contributed by atoms with Crippen LogP contribution in [0.2, 0.25) is 0 Å². The number of rotatable bonds is 2. The van der Waals surface area contributed by atoms with E-state index in [0.29, 0.717) is 17.6 Å². The summed E-state index contributed by atoms with van der Waals surface area (Å²) >= 11 is 0. The van der Waals surface area contributed by atoms with Crippen LogP contribution in [0.5, 0.6) is 11.5 Å². The molecule has 2 atom stereocenters. The summed E-state index contributed by atoms with van der Waals surface area (Å²) < 4.78 is 35.1. The summed E-state index contributed by atoms with van der Waals surface area (Å²) in [5.41, 5.74) is 1.73. The van der Waals surface area contributed by atoms with E-state index in [-0.39, 0.29) is 22.8 Å². The fourth-order valence-electron chi connectivity index (χ4n) is 4.50. The van der Waals surface area contributed by atoms with Crippen LogP contribution in [-0.4, -0.2) is 23.9 Å². The Labute approximate surface area is 145 Å². The largest absolute Gasteiger partial charge is 0.507 e. The number of aryl methyl sites for hydroxylation is 1. The second kappa shape index (κ2) is 5.19. The average Bonchev–Trinajstić information content (AvgIpc) is 2.82. The van der Waals surface area contributed by atoms with Crippen LogP contribution in [0, 0.1) is 5.41 Å². The van der Waals surface area contributed by atoms with E-state index in [2.05, 4.69) is 4.18 Å². The summed E-state index contributed by atoms with van der Waals surface area (Å²) in [5, 5.41) is 11.8. The Balaban J connectivity index is 1.88. The molecule has 2 aromatic rings. The van der Waals surface area contributed by atoms with Crippen molar-refractivity contribution in [3.8, 4) is 11.5 Å². The minimum absolute atomic E-state index is 0.0122. The molecule has 2 aromatic carbocycles. The number of carbonyl (C=O) groups excluding carboxylic acids is 1. The van der Waals surface area contributed by atoms with Crippen molar-refractivity contribution in [2.75, 3.05) is 0 Å². The maximum absolute atomic E-state index is 12.3. The van der Waals surface area contributed by atoms with Gasteiger partial charge in [0.25, 0.3) is 0 Å². The van der Waals surface area contributed by atoms with Gasteiger partial charge in [-0.3, -0.25) is 9.35 Å². The first-order valence-electron chi connectivity index (χ1n) is 8.18. The Morgan fingerprint density at radius 1 is 1.20 bits per heavy atom. The number of hydrogen-bond donors (Lipinski definition) is 2. The van der Waals surface area contributed by atoms with Crippen LogP contribution in [0.1, 0.15) is 43.2 Å². The number of carbonyl (C=O) groups is 1. The van der Waals surface area contributed by atoms with Crippen molar-refractivity contribution in [3.05, 3.63) is 35.4 Å². The molecule has 0 heterocycles. The van der Waals surface area contributed by atoms with Crippen LogP contribution in [0.3, 0.4) is 0 Å². The number of hydrogen-bond acceptors (Lipinski definition) is 5. The second-order valence-electron chi connectivity index (χ2n) is 7.11. The third kappa shape index (κ3) is 2.49. The van der Waals surface area contributed by atoms with Gasteiger partial charge in [-0.15, -0.1) is 0 Å². The molecule has 0 aromatic heterocycles. The maximum Gasteiger partial charge on any atom is 0.446 e. The monoisotopic (exact) mass is 362 g/mol. The quantitative estimate of drug-likeness (QED) is 0.796. The van der Waals surface area contributed by atoms with Gasteiger partial charge < -0.3 is 9.29 Å². The lowest BCUT2D eigenvalue weighted by molar-refractivity contribution is -0.126. The molecule has 2 aliphatic carbocycles. The van der Waals surface area contributed by atoms with Gasteiger partial charge in [-0.05, 0) is 59.9 Å². The van der Waals surface area contributed by atoms with E-state index in [0.717, 1.165) is 35.8 Å². The fourth-order valence-corrected chi connectivity index (χ4v) is 4.85. The van der Waals surface area contributed by atoms with Gasteiger partial charge in [0.1, 0.15) is 17.3 Å². The lowest BCUT2D eigenvalue weighted by atomic mass is 9.66. The van der Waals surface area contributed by atoms with Crippen LogP contribution < -0.4 is 4.18 Å². The highest BCUT2D eigenvalue weighted by Crippen LogP contribution is 2.55. The molecule has 4 rings (SSSR count). The van der Waals surface area contributed by atoms with Gasteiger partial charge in [0.2, 0.25) is 0 Å². The topological polar surface area (TPSA) is 101 Å². The number of aromatic hydroxyl groups is 1. The molecule has 1 saturated carbocycles. The zero-order valence-corrected chi connectivity index (χ0v) is 14.5. The molecule has 2 unspecified atom stereocenters. The molecule has 0 amide bonds. The van der Waals surface area contributed by atoms with Crippen molar-refractivity contribution in [1.29, 1.82) is 0 Å². The van der Waals surface area contributed by atoms with Crippen molar-refractivity contribution in [3.63, 3.8) is 0 Å². The predicted octanol–water partition coefficient (Wildman–Crippen LogP) is 3.13. The molecular formula is C18H18O6S. The van der Waals surface area contributed by atoms with Crippen molar-refractivity contribution < 1.29 is 27.1 Å². The SMILES string of the molecule is CC12CCc3c(cc(O)c4cc(OS(=O)(=O)O)ccc34)C1CCC2=O. The highest BCUT2D eigenvalue weighted by atomic mass is 32.3. The average molecular weight is 362 g/mol. The molecule has 0 radical (unpaired) electrons. The molecule has 2 N–H and O–H groups in total. The molecule has 0 bridgehead atoms. The van der Waals surface area contributed by atoms with E-state index in [1.165, 1.54) is 12.1 Å². The zero-order valence-electron chi connectivity index (χ0n) is 13.7. The van der Waals surface area contributed by atoms with E-state index in [1.807, 2.05) is 6.92 Å². The minimum Gasteiger partial charge on any atom is -0.507 e. The predicted molar refractivity (Wildman–Crippen MR) is 91.2 cm³/mol. The van der Waals surface area contributed by atoms with E-state index < -0.39 is 10.4 Å². The molecule has 2 aliphatic rings. The Kier molecular flexibility index (Phi) is 3.39. The van der Waals surface area contributed by atoms with Crippen LogP contribution in [0.4, 0.5) is 0 Å². The highest BCUT2D eigenvalue weighted by molar-refractivity contribution is 7.81. The first kappa shape index (κ1) is 16.4. The number of Topliss-reactive ketones (excluding diaryl/α,β-unsaturated/α-hetero) is 1. The van der Waals surface area contributed by atoms with E-state index in [9.17, 15) is 18.3 Å². The van der Waals surface area contributed by atoms with Gasteiger partial charge in [0.05, 0.1) is 0 Å². The first-order valence-corrected chi connectivity index (χ1v) is 9.54. The van der Waals surface area contributed by atoms with Gasteiger partial charge >= 0.3 is 10.4 Å². The first-order chi connectivity index (χ1) is 11.7. The highest BCUT2D eigenvalue weighted by Gasteiger charge is 2.49. The summed E-state index contributed by atoms with van der Waals surface area (Å²) in [7, 11) is -4.62. The fraction of sp³-hybridized carbons (Fsp3) is 0.389. The Morgan fingerprint density at radius 2 is 1.96 bits per heavy atom. The summed E-state index contributed by atoms with van der Waals surface area (Å²) in [6.45, 7) is 2.01. The summed E-state index contributed by atoms with van der Waals surface area (Å²) in [4.78, 5) is 12.3. The van der Waals surface area contributed by atoms with Crippen LogP contribution in [0.25, 0.3) is 10.8 Å². The summed E-state index contributed by atoms with van der Waals surface area (Å²) in [6.07, 6.45) is 2.85. The van der Waals surface area contributed by atoms with E-state index >= 15 is 0 Å². The van der Waals surface area contributed by atoms with Gasteiger partial charge in [-0.2, -0.15) is 8.42 Å². The zero-order chi connectivity index (χ0) is 18.0. The van der Waals surface area contributed by atoms with Crippen molar-refractivity contribution >= 4 is 27.0 Å². The normalized spacial score (nSPS) is 25.7. The van der Waals surface area contributed by atoms with Crippen LogP contribution in [-0.2, 0) is 21.6 Å². The van der Waals surface area contributed by atoms with Crippen LogP contribution >= 0.6 is 0 Å². The van der Waals surface area contributed by atoms with Crippen LogP contribution in [0.15, 0.2) is 24.3 Å². The van der Waals surface area contributed by atoms with Crippen molar-refractivity contribution in [2.24, 2.45) is 5.41 Å². The molecule has 0 spiro atoms. The molecule has 0 saturated heterocycles. The minimum atomic E-state index is -4.62. The number of phenolic OH excluding ortho intramolecular Hbond substituents is 1. The van der Waals surface area contributed by atoms with E-state index in [4.69, 9.17) is 4.55 Å². The van der Waals surface area contributed by atoms with Gasteiger partial charge in [0, 0.05) is 17.2 Å². The second-order valence-corrected chi connectivity index (χ2v) is 8.14. The molecule has 7 heteroatoms. The maximum atomic E-state index is 12.3. The lowest BCUT2D eigenvalue weighted by Crippen LogP contribution is -2.32.